The van der Waals surface area contributed by atoms with Gasteiger partial charge in [-0.3, -0.25) is 0 Å². The van der Waals surface area contributed by atoms with Gasteiger partial charge in [-0.15, -0.1) is 0 Å². The van der Waals surface area contributed by atoms with Gasteiger partial charge in [-0.05, 0) is 22.0 Å². The number of nitrogens with one attached hydrogen (secondary N) is 1. The number of ether oxygens (including phenoxy) is 1. The van der Waals surface area contributed by atoms with Crippen molar-refractivity contribution in [3.63, 3.8) is 0 Å². The minimum Gasteiger partial charge on any atom is -0.394 e. The van der Waals surface area contributed by atoms with Crippen molar-refractivity contribution in [1.82, 2.24) is 4.98 Å². The Morgan fingerprint density at radius 2 is 2.33 bits per heavy atom. The smallest absolute Gasteiger partial charge is 0.144 e. The quantitative estimate of drug-likeness (QED) is 0.787. The number of halogens is 2. The molecular weight excluding hydrogens is 283 g/mol. The van der Waals surface area contributed by atoms with Crippen molar-refractivity contribution < 1.29 is 9.84 Å². The summed E-state index contributed by atoms with van der Waals surface area (Å²) in [5.41, 5.74) is 0. The molecular formula is C9H12BrClN2O2. The number of rotatable bonds is 6. The minimum atomic E-state index is 0.0390. The first-order valence-corrected chi connectivity index (χ1v) is 5.64. The van der Waals surface area contributed by atoms with Gasteiger partial charge in [0.15, 0.2) is 0 Å². The predicted molar refractivity (Wildman–Crippen MR) is 63.3 cm³/mol. The number of aliphatic hydroxyl groups is 1. The standard InChI is InChI=1S/C9H12BrClN2O2/c10-7-5-8(11)9(13-6-7)12-1-3-15-4-2-14/h5-6,14H,1-4H2,(H,12,13). The van der Waals surface area contributed by atoms with E-state index in [9.17, 15) is 0 Å². The molecule has 0 aliphatic heterocycles. The van der Waals surface area contributed by atoms with Crippen LogP contribution in [0.5, 0.6) is 0 Å². The van der Waals surface area contributed by atoms with Crippen molar-refractivity contribution >= 4 is 33.3 Å². The monoisotopic (exact) mass is 294 g/mol. The molecule has 0 spiro atoms. The summed E-state index contributed by atoms with van der Waals surface area (Å²) in [6.07, 6.45) is 1.67. The molecule has 15 heavy (non-hydrogen) atoms. The summed E-state index contributed by atoms with van der Waals surface area (Å²) in [7, 11) is 0. The van der Waals surface area contributed by atoms with Crippen LogP contribution >= 0.6 is 27.5 Å². The van der Waals surface area contributed by atoms with Gasteiger partial charge in [0.1, 0.15) is 5.82 Å². The SMILES string of the molecule is OCCOCCNc1ncc(Br)cc1Cl. The first kappa shape index (κ1) is 12.7. The Hall–Kier alpha value is -0.360. The third kappa shape index (κ3) is 4.79. The summed E-state index contributed by atoms with van der Waals surface area (Å²) in [6.45, 7) is 1.50. The largest absolute Gasteiger partial charge is 0.394 e. The molecule has 0 aliphatic carbocycles. The molecule has 0 atom stereocenters. The van der Waals surface area contributed by atoms with Gasteiger partial charge < -0.3 is 15.2 Å². The van der Waals surface area contributed by atoms with Crippen LogP contribution in [0.1, 0.15) is 0 Å². The van der Waals surface area contributed by atoms with E-state index >= 15 is 0 Å². The lowest BCUT2D eigenvalue weighted by atomic mass is 10.4. The van der Waals surface area contributed by atoms with Crippen LogP contribution in [-0.4, -0.2) is 36.5 Å². The van der Waals surface area contributed by atoms with E-state index in [4.69, 9.17) is 21.4 Å². The van der Waals surface area contributed by atoms with Crippen LogP contribution in [0.25, 0.3) is 0 Å². The molecule has 0 unspecified atom stereocenters. The fourth-order valence-electron chi connectivity index (χ4n) is 0.953. The first-order valence-electron chi connectivity index (χ1n) is 4.47. The van der Waals surface area contributed by atoms with E-state index in [1.165, 1.54) is 0 Å². The lowest BCUT2D eigenvalue weighted by molar-refractivity contribution is 0.0992. The van der Waals surface area contributed by atoms with Crippen LogP contribution in [0.2, 0.25) is 5.02 Å². The molecule has 0 radical (unpaired) electrons. The highest BCUT2D eigenvalue weighted by Gasteiger charge is 2.01. The lowest BCUT2D eigenvalue weighted by Crippen LogP contribution is -2.12. The second kappa shape index (κ2) is 7.00. The van der Waals surface area contributed by atoms with Crippen LogP contribution in [0, 0.1) is 0 Å². The minimum absolute atomic E-state index is 0.0390. The van der Waals surface area contributed by atoms with Gasteiger partial charge in [-0.1, -0.05) is 11.6 Å². The van der Waals surface area contributed by atoms with E-state index in [2.05, 4.69) is 26.2 Å². The van der Waals surface area contributed by atoms with Crippen molar-refractivity contribution in [3.05, 3.63) is 21.8 Å². The molecule has 1 aromatic heterocycles. The van der Waals surface area contributed by atoms with E-state index in [1.807, 2.05) is 0 Å². The van der Waals surface area contributed by atoms with Gasteiger partial charge in [-0.2, -0.15) is 0 Å². The van der Waals surface area contributed by atoms with Gasteiger partial charge in [-0.25, -0.2) is 4.98 Å². The second-order valence-corrected chi connectivity index (χ2v) is 4.07. The number of anilines is 1. The molecule has 0 saturated carbocycles. The van der Waals surface area contributed by atoms with E-state index < -0.39 is 0 Å². The number of aromatic nitrogens is 1. The summed E-state index contributed by atoms with van der Waals surface area (Å²) in [5, 5.41) is 12.1. The molecule has 0 saturated heterocycles. The molecule has 0 bridgehead atoms. The van der Waals surface area contributed by atoms with Gasteiger partial charge in [0.25, 0.3) is 0 Å². The second-order valence-electron chi connectivity index (χ2n) is 2.75. The molecule has 0 fully saturated rings. The highest BCUT2D eigenvalue weighted by molar-refractivity contribution is 9.10. The Bertz CT molecular complexity index is 312. The fourth-order valence-corrected chi connectivity index (χ4v) is 1.65. The molecule has 0 amide bonds. The zero-order valence-corrected chi connectivity index (χ0v) is 10.4. The molecule has 6 heteroatoms. The molecule has 84 valence electrons. The lowest BCUT2D eigenvalue weighted by Gasteiger charge is -2.07. The average Bonchev–Trinajstić information content (AvgIpc) is 2.20. The Labute approximate surface area is 102 Å². The topological polar surface area (TPSA) is 54.4 Å². The summed E-state index contributed by atoms with van der Waals surface area (Å²) >= 11 is 9.21. The number of pyridine rings is 1. The summed E-state index contributed by atoms with van der Waals surface area (Å²) < 4.78 is 5.92. The van der Waals surface area contributed by atoms with Crippen molar-refractivity contribution in [2.24, 2.45) is 0 Å². The van der Waals surface area contributed by atoms with Crippen LogP contribution in [0.4, 0.5) is 5.82 Å². The van der Waals surface area contributed by atoms with E-state index in [1.54, 1.807) is 12.3 Å². The van der Waals surface area contributed by atoms with Crippen LogP contribution in [0.3, 0.4) is 0 Å². The van der Waals surface area contributed by atoms with Crippen molar-refractivity contribution in [3.8, 4) is 0 Å². The molecule has 2 N–H and O–H groups in total. The van der Waals surface area contributed by atoms with E-state index in [0.717, 1.165) is 4.47 Å². The molecule has 1 aromatic rings. The Balaban J connectivity index is 2.31. The molecule has 1 rings (SSSR count). The van der Waals surface area contributed by atoms with Gasteiger partial charge in [0.2, 0.25) is 0 Å². The average molecular weight is 296 g/mol. The number of hydrogen-bond acceptors (Lipinski definition) is 4. The molecule has 1 heterocycles. The van der Waals surface area contributed by atoms with Gasteiger partial charge in [0.05, 0.1) is 24.8 Å². The third-order valence-electron chi connectivity index (χ3n) is 1.58. The number of nitrogens with zero attached hydrogens (tertiary/aromatic N) is 1. The highest BCUT2D eigenvalue weighted by atomic mass is 79.9. The summed E-state index contributed by atoms with van der Waals surface area (Å²) in [6, 6.07) is 1.77. The maximum atomic E-state index is 8.47. The van der Waals surface area contributed by atoms with Crippen LogP contribution in [-0.2, 0) is 4.74 Å². The zero-order chi connectivity index (χ0) is 11.1. The van der Waals surface area contributed by atoms with Crippen molar-refractivity contribution in [2.75, 3.05) is 31.7 Å². The highest BCUT2D eigenvalue weighted by Crippen LogP contribution is 2.22. The summed E-state index contributed by atoms with van der Waals surface area (Å²) in [5.74, 6) is 0.632. The normalized spacial score (nSPS) is 10.3. The number of aliphatic hydroxyl groups excluding tert-OH is 1. The predicted octanol–water partition coefficient (Wildman–Crippen LogP) is 1.92. The maximum absolute atomic E-state index is 8.47. The first-order chi connectivity index (χ1) is 7.24. The van der Waals surface area contributed by atoms with Crippen molar-refractivity contribution in [1.29, 1.82) is 0 Å². The van der Waals surface area contributed by atoms with Crippen LogP contribution < -0.4 is 5.32 Å². The Morgan fingerprint density at radius 1 is 1.53 bits per heavy atom. The van der Waals surface area contributed by atoms with E-state index in [0.29, 0.717) is 30.6 Å². The molecule has 0 aromatic carbocycles. The third-order valence-corrected chi connectivity index (χ3v) is 2.30. The zero-order valence-electron chi connectivity index (χ0n) is 8.04. The Morgan fingerprint density at radius 3 is 3.00 bits per heavy atom. The maximum Gasteiger partial charge on any atom is 0.144 e. The van der Waals surface area contributed by atoms with E-state index in [-0.39, 0.29) is 6.61 Å². The fraction of sp³-hybridized carbons (Fsp3) is 0.444. The van der Waals surface area contributed by atoms with Gasteiger partial charge in [0, 0.05) is 17.2 Å². The molecule has 4 nitrogen and oxygen atoms in total. The Kier molecular flexibility index (Phi) is 5.93. The molecule has 0 aliphatic rings. The van der Waals surface area contributed by atoms with Gasteiger partial charge >= 0.3 is 0 Å². The van der Waals surface area contributed by atoms with Crippen LogP contribution in [0.15, 0.2) is 16.7 Å². The number of hydrogen-bond donors (Lipinski definition) is 2. The van der Waals surface area contributed by atoms with Crippen molar-refractivity contribution in [2.45, 2.75) is 0 Å². The summed E-state index contributed by atoms with van der Waals surface area (Å²) in [4.78, 5) is 4.10.